The second-order valence-electron chi connectivity index (χ2n) is 10.4. The number of allylic oxidation sites excluding steroid dienone is 4. The lowest BCUT2D eigenvalue weighted by molar-refractivity contribution is 0.368. The summed E-state index contributed by atoms with van der Waals surface area (Å²) in [4.78, 5) is 0. The van der Waals surface area contributed by atoms with Gasteiger partial charge in [0.05, 0.1) is 16.1 Å². The second-order valence-corrected chi connectivity index (χ2v) is 24.9. The minimum atomic E-state index is -1.84. The minimum absolute atomic E-state index is 0.580. The van der Waals surface area contributed by atoms with Gasteiger partial charge in [-0.1, -0.05) is 105 Å². The van der Waals surface area contributed by atoms with E-state index < -0.39 is 24.2 Å². The highest BCUT2D eigenvalue weighted by Crippen LogP contribution is 2.35. The van der Waals surface area contributed by atoms with E-state index in [2.05, 4.69) is 90.2 Å². The molecule has 1 aromatic rings. The largest absolute Gasteiger partial charge is 0.490 e. The average molecular weight is 415 g/mol. The van der Waals surface area contributed by atoms with Crippen molar-refractivity contribution in [3.8, 4) is 5.75 Å². The van der Waals surface area contributed by atoms with Crippen LogP contribution in [0.4, 0.5) is 0 Å². The summed E-state index contributed by atoms with van der Waals surface area (Å²) in [7, 11) is -4.72. The molecular formula is C23H38OSi3. The van der Waals surface area contributed by atoms with Crippen molar-refractivity contribution in [3.05, 3.63) is 52.9 Å². The van der Waals surface area contributed by atoms with Crippen LogP contribution in [0.25, 0.3) is 0 Å². The summed E-state index contributed by atoms with van der Waals surface area (Å²) < 4.78 is 6.39. The molecule has 27 heavy (non-hydrogen) atoms. The van der Waals surface area contributed by atoms with Gasteiger partial charge in [-0.15, -0.1) is 0 Å². The van der Waals surface area contributed by atoms with E-state index in [9.17, 15) is 0 Å². The van der Waals surface area contributed by atoms with E-state index in [0.717, 1.165) is 6.42 Å². The van der Waals surface area contributed by atoms with Gasteiger partial charge in [0.15, 0.2) is 0 Å². The second kappa shape index (κ2) is 7.72. The normalized spacial score (nSPS) is 15.4. The van der Waals surface area contributed by atoms with Gasteiger partial charge in [0, 0.05) is 0 Å². The molecule has 0 aromatic heterocycles. The van der Waals surface area contributed by atoms with Crippen LogP contribution in [-0.4, -0.2) is 30.8 Å². The van der Waals surface area contributed by atoms with Crippen LogP contribution >= 0.6 is 0 Å². The molecular weight excluding hydrogens is 377 g/mol. The van der Waals surface area contributed by atoms with Crippen LogP contribution in [0.1, 0.15) is 12.0 Å². The number of hydrogen-bond acceptors (Lipinski definition) is 1. The van der Waals surface area contributed by atoms with Gasteiger partial charge in [-0.2, -0.15) is 0 Å². The van der Waals surface area contributed by atoms with Crippen LogP contribution in [0.3, 0.4) is 0 Å². The molecule has 0 saturated heterocycles. The summed E-state index contributed by atoms with van der Waals surface area (Å²) in [5, 5.41) is 6.33. The van der Waals surface area contributed by atoms with Gasteiger partial charge < -0.3 is 4.74 Å². The first-order valence-electron chi connectivity index (χ1n) is 10.1. The molecule has 0 heterocycles. The van der Waals surface area contributed by atoms with Crippen molar-refractivity contribution < 1.29 is 4.74 Å². The van der Waals surface area contributed by atoms with Gasteiger partial charge in [-0.25, -0.2) is 0 Å². The van der Waals surface area contributed by atoms with Gasteiger partial charge in [0.2, 0.25) is 0 Å². The predicted molar refractivity (Wildman–Crippen MR) is 131 cm³/mol. The molecule has 0 bridgehead atoms. The molecule has 148 valence electrons. The van der Waals surface area contributed by atoms with E-state index in [4.69, 9.17) is 4.74 Å². The molecule has 0 radical (unpaired) electrons. The Labute approximate surface area is 170 Å². The number of hydrogen-bond donors (Lipinski definition) is 0. The fourth-order valence-electron chi connectivity index (χ4n) is 4.05. The average Bonchev–Trinajstić information content (AvgIpc) is 3.02. The van der Waals surface area contributed by atoms with Gasteiger partial charge in [0.25, 0.3) is 0 Å². The molecule has 1 aliphatic rings. The lowest BCUT2D eigenvalue weighted by Crippen LogP contribution is -2.50. The number of rotatable bonds is 7. The molecule has 0 fully saturated rings. The van der Waals surface area contributed by atoms with Crippen molar-refractivity contribution in [1.29, 1.82) is 0 Å². The van der Waals surface area contributed by atoms with E-state index in [1.807, 2.05) is 6.08 Å². The Hall–Kier alpha value is -1.11. The third kappa shape index (κ3) is 4.66. The summed E-state index contributed by atoms with van der Waals surface area (Å²) in [6.07, 6.45) is 7.80. The molecule has 0 amide bonds. The Kier molecular flexibility index (Phi) is 6.34. The summed E-state index contributed by atoms with van der Waals surface area (Å²) in [6, 6.07) is 4.79. The van der Waals surface area contributed by atoms with Crippen LogP contribution in [0, 0.1) is 6.92 Å². The Bertz CT molecular complexity index is 787. The predicted octanol–water partition coefficient (Wildman–Crippen LogP) is 5.69. The molecule has 2 rings (SSSR count). The van der Waals surface area contributed by atoms with Crippen molar-refractivity contribution in [2.75, 3.05) is 6.61 Å². The summed E-state index contributed by atoms with van der Waals surface area (Å²) in [5.41, 5.74) is 1.37. The lowest BCUT2D eigenvalue weighted by Gasteiger charge is -2.34. The quantitative estimate of drug-likeness (QED) is 0.411. The van der Waals surface area contributed by atoms with Gasteiger partial charge in [-0.3, -0.25) is 0 Å². The van der Waals surface area contributed by atoms with Crippen molar-refractivity contribution in [1.82, 2.24) is 0 Å². The van der Waals surface area contributed by atoms with Crippen molar-refractivity contribution in [2.24, 2.45) is 0 Å². The van der Waals surface area contributed by atoms with Crippen molar-refractivity contribution in [3.63, 3.8) is 0 Å². The number of aryl methyl sites for hydroxylation is 1. The lowest BCUT2D eigenvalue weighted by atomic mass is 10.2. The van der Waals surface area contributed by atoms with Crippen LogP contribution in [0.5, 0.6) is 5.75 Å². The van der Waals surface area contributed by atoms with Crippen molar-refractivity contribution in [2.45, 2.75) is 65.7 Å². The van der Waals surface area contributed by atoms with E-state index in [1.54, 1.807) is 10.4 Å². The zero-order chi connectivity index (χ0) is 20.6. The molecule has 0 saturated carbocycles. The van der Waals surface area contributed by atoms with Crippen molar-refractivity contribution >= 4 is 34.6 Å². The molecule has 0 atom stereocenters. The monoisotopic (exact) mass is 414 g/mol. The van der Waals surface area contributed by atoms with E-state index in [0.29, 0.717) is 6.61 Å². The topological polar surface area (TPSA) is 9.23 Å². The maximum atomic E-state index is 6.39. The Balaban J connectivity index is 2.76. The SMILES string of the molecule is C=CCOc1c([Si](C)(C)C)cc(C)cc1[Si](C)(C)C1=C([Si](C)(C)C)C=CC1. The number of ether oxygens (including phenoxy) is 1. The zero-order valence-electron chi connectivity index (χ0n) is 18.9. The van der Waals surface area contributed by atoms with Gasteiger partial charge in [0.1, 0.15) is 20.4 Å². The Morgan fingerprint density at radius 2 is 1.56 bits per heavy atom. The van der Waals surface area contributed by atoms with E-state index in [-0.39, 0.29) is 0 Å². The first kappa shape index (κ1) is 22.2. The zero-order valence-corrected chi connectivity index (χ0v) is 21.9. The third-order valence-corrected chi connectivity index (χ3v) is 13.6. The maximum Gasteiger partial charge on any atom is 0.118 e. The molecule has 1 nitrogen and oxygen atoms in total. The number of benzene rings is 1. The minimum Gasteiger partial charge on any atom is -0.490 e. The summed E-state index contributed by atoms with van der Waals surface area (Å²) in [5.74, 6) is 1.17. The fourth-order valence-corrected chi connectivity index (χ4v) is 12.5. The molecule has 1 aliphatic carbocycles. The molecule has 0 N–H and O–H groups in total. The van der Waals surface area contributed by atoms with E-state index >= 15 is 0 Å². The molecule has 4 heteroatoms. The molecule has 0 spiro atoms. The molecule has 1 aromatic carbocycles. The third-order valence-electron chi connectivity index (χ3n) is 5.55. The fraction of sp³-hybridized carbons (Fsp3) is 0.478. The van der Waals surface area contributed by atoms with Gasteiger partial charge >= 0.3 is 0 Å². The summed E-state index contributed by atoms with van der Waals surface area (Å²) in [6.45, 7) is 26.4. The van der Waals surface area contributed by atoms with Crippen LogP contribution in [-0.2, 0) is 0 Å². The smallest absolute Gasteiger partial charge is 0.118 e. The Morgan fingerprint density at radius 1 is 0.963 bits per heavy atom. The summed E-state index contributed by atoms with van der Waals surface area (Å²) >= 11 is 0. The van der Waals surface area contributed by atoms with E-state index in [1.165, 1.54) is 21.7 Å². The highest BCUT2D eigenvalue weighted by atomic mass is 28.3. The van der Waals surface area contributed by atoms with Crippen LogP contribution in [0.2, 0.25) is 52.4 Å². The highest BCUT2D eigenvalue weighted by Gasteiger charge is 2.38. The molecule has 0 unspecified atom stereocenters. The Morgan fingerprint density at radius 3 is 2.07 bits per heavy atom. The van der Waals surface area contributed by atoms with Gasteiger partial charge in [-0.05, 0) is 23.7 Å². The van der Waals surface area contributed by atoms with Crippen LogP contribution in [0.15, 0.2) is 47.3 Å². The molecule has 0 aliphatic heterocycles. The highest BCUT2D eigenvalue weighted by molar-refractivity contribution is 6.99. The van der Waals surface area contributed by atoms with Crippen LogP contribution < -0.4 is 15.1 Å². The standard InChI is InChI=1S/C23H38OSi3/c1-11-15-24-23-21(26(6,7)8)16-18(2)17-22(23)27(9,10)20-14-12-13-19(20)25(3,4)5/h11-13,16-17H,1,14-15H2,2-10H3. The first-order valence-corrected chi connectivity index (χ1v) is 20.1. The maximum absolute atomic E-state index is 6.39. The first-order chi connectivity index (χ1) is 12.3.